The topological polar surface area (TPSA) is 51.8 Å². The predicted octanol–water partition coefficient (Wildman–Crippen LogP) is 3.30. The van der Waals surface area contributed by atoms with Crippen LogP contribution >= 0.6 is 23.4 Å². The first-order valence-corrected chi connectivity index (χ1v) is 6.37. The van der Waals surface area contributed by atoms with Crippen molar-refractivity contribution in [3.8, 4) is 0 Å². The van der Waals surface area contributed by atoms with E-state index in [4.69, 9.17) is 17.3 Å². The molecule has 0 amide bonds. The molecule has 3 nitrogen and oxygen atoms in total. The van der Waals surface area contributed by atoms with E-state index in [1.807, 2.05) is 25.1 Å². The number of halogens is 1. The summed E-state index contributed by atoms with van der Waals surface area (Å²) in [6.07, 6.45) is 3.45. The number of aromatic nitrogens is 2. The molecule has 0 aliphatic heterocycles. The number of hydrogen-bond donors (Lipinski definition) is 1. The van der Waals surface area contributed by atoms with Crippen LogP contribution in [0.2, 0.25) is 5.02 Å². The highest BCUT2D eigenvalue weighted by Crippen LogP contribution is 2.33. The molecule has 2 rings (SSSR count). The highest BCUT2D eigenvalue weighted by atomic mass is 35.5. The number of hydrogen-bond acceptors (Lipinski definition) is 4. The van der Waals surface area contributed by atoms with Gasteiger partial charge >= 0.3 is 0 Å². The van der Waals surface area contributed by atoms with Crippen molar-refractivity contribution in [3.05, 3.63) is 47.2 Å². The molecule has 2 aromatic heterocycles. The second-order valence-corrected chi connectivity index (χ2v) is 4.96. The molecule has 0 radical (unpaired) electrons. The lowest BCUT2D eigenvalue weighted by atomic mass is 10.2. The van der Waals surface area contributed by atoms with Crippen LogP contribution in [0.5, 0.6) is 0 Å². The van der Waals surface area contributed by atoms with Gasteiger partial charge in [-0.05, 0) is 36.9 Å². The molecule has 5 heteroatoms. The van der Waals surface area contributed by atoms with Gasteiger partial charge in [-0.3, -0.25) is 0 Å². The summed E-state index contributed by atoms with van der Waals surface area (Å²) in [6, 6.07) is 7.40. The highest BCUT2D eigenvalue weighted by Gasteiger charge is 2.11. The summed E-state index contributed by atoms with van der Waals surface area (Å²) in [5, 5.41) is 2.22. The van der Waals surface area contributed by atoms with Gasteiger partial charge in [-0.15, -0.1) is 0 Å². The fourth-order valence-electron chi connectivity index (χ4n) is 1.37. The van der Waals surface area contributed by atoms with E-state index in [-0.39, 0.29) is 6.04 Å². The van der Waals surface area contributed by atoms with Crippen LogP contribution in [-0.4, -0.2) is 9.97 Å². The summed E-state index contributed by atoms with van der Waals surface area (Å²) in [5.41, 5.74) is 6.90. The van der Waals surface area contributed by atoms with Gasteiger partial charge in [0.15, 0.2) is 0 Å². The first kappa shape index (κ1) is 12.4. The summed E-state index contributed by atoms with van der Waals surface area (Å²) in [5.74, 6) is 0. The molecule has 2 aromatic rings. The minimum Gasteiger partial charge on any atom is -0.324 e. The molecule has 1 atom stereocenters. The first-order valence-electron chi connectivity index (χ1n) is 5.17. The standard InChI is InChI=1S/C12H12ClN3S/c1-8(14)9-4-2-6-15-11(9)17-12-10(13)5-3-7-16-12/h2-8H,14H2,1H3. The first-order chi connectivity index (χ1) is 8.18. The van der Waals surface area contributed by atoms with Crippen molar-refractivity contribution >= 4 is 23.4 Å². The molecule has 2 N–H and O–H groups in total. The third-order valence-corrected chi connectivity index (χ3v) is 3.68. The zero-order chi connectivity index (χ0) is 12.3. The lowest BCUT2D eigenvalue weighted by molar-refractivity contribution is 0.779. The van der Waals surface area contributed by atoms with E-state index >= 15 is 0 Å². The van der Waals surface area contributed by atoms with Crippen molar-refractivity contribution in [1.82, 2.24) is 9.97 Å². The van der Waals surface area contributed by atoms with E-state index in [0.717, 1.165) is 15.6 Å². The number of nitrogens with two attached hydrogens (primary N) is 1. The highest BCUT2D eigenvalue weighted by molar-refractivity contribution is 7.99. The van der Waals surface area contributed by atoms with E-state index in [2.05, 4.69) is 9.97 Å². The molecule has 0 saturated carbocycles. The van der Waals surface area contributed by atoms with Crippen LogP contribution in [0.4, 0.5) is 0 Å². The van der Waals surface area contributed by atoms with Crippen molar-refractivity contribution < 1.29 is 0 Å². The van der Waals surface area contributed by atoms with Gasteiger partial charge in [-0.25, -0.2) is 9.97 Å². The van der Waals surface area contributed by atoms with Crippen LogP contribution in [0, 0.1) is 0 Å². The van der Waals surface area contributed by atoms with Crippen molar-refractivity contribution in [1.29, 1.82) is 0 Å². The van der Waals surface area contributed by atoms with Crippen LogP contribution < -0.4 is 5.73 Å². The van der Waals surface area contributed by atoms with Crippen molar-refractivity contribution in [2.45, 2.75) is 23.0 Å². The second kappa shape index (κ2) is 5.49. The molecule has 0 aliphatic carbocycles. The molecule has 0 aromatic carbocycles. The van der Waals surface area contributed by atoms with Crippen LogP contribution in [-0.2, 0) is 0 Å². The van der Waals surface area contributed by atoms with Crippen LogP contribution in [0.1, 0.15) is 18.5 Å². The fraction of sp³-hybridized carbons (Fsp3) is 0.167. The van der Waals surface area contributed by atoms with E-state index in [1.165, 1.54) is 11.8 Å². The van der Waals surface area contributed by atoms with E-state index < -0.39 is 0 Å². The SMILES string of the molecule is CC(N)c1cccnc1Sc1ncccc1Cl. The summed E-state index contributed by atoms with van der Waals surface area (Å²) < 4.78 is 0. The summed E-state index contributed by atoms with van der Waals surface area (Å²) in [6.45, 7) is 1.93. The number of pyridine rings is 2. The minimum atomic E-state index is -0.0614. The summed E-state index contributed by atoms with van der Waals surface area (Å²) in [4.78, 5) is 8.54. The van der Waals surface area contributed by atoms with Gasteiger partial charge < -0.3 is 5.73 Å². The molecule has 2 heterocycles. The van der Waals surface area contributed by atoms with E-state index in [0.29, 0.717) is 5.02 Å². The molecular weight excluding hydrogens is 254 g/mol. The van der Waals surface area contributed by atoms with Crippen molar-refractivity contribution in [2.75, 3.05) is 0 Å². The maximum atomic E-state index is 6.06. The lowest BCUT2D eigenvalue weighted by Crippen LogP contribution is -2.07. The molecule has 17 heavy (non-hydrogen) atoms. The maximum Gasteiger partial charge on any atom is 0.121 e. The van der Waals surface area contributed by atoms with Gasteiger partial charge in [0.25, 0.3) is 0 Å². The quantitative estimate of drug-likeness (QED) is 0.925. The third-order valence-electron chi connectivity index (χ3n) is 2.21. The van der Waals surface area contributed by atoms with Gasteiger partial charge in [0.1, 0.15) is 10.1 Å². The monoisotopic (exact) mass is 265 g/mol. The minimum absolute atomic E-state index is 0.0614. The zero-order valence-electron chi connectivity index (χ0n) is 9.30. The van der Waals surface area contributed by atoms with Crippen molar-refractivity contribution in [2.24, 2.45) is 5.73 Å². The van der Waals surface area contributed by atoms with Crippen LogP contribution in [0.25, 0.3) is 0 Å². The van der Waals surface area contributed by atoms with E-state index in [9.17, 15) is 0 Å². The van der Waals surface area contributed by atoms with E-state index in [1.54, 1.807) is 18.5 Å². The Hall–Kier alpha value is -1.10. The molecule has 1 unspecified atom stereocenters. The molecule has 0 saturated heterocycles. The van der Waals surface area contributed by atoms with Crippen LogP contribution in [0.3, 0.4) is 0 Å². The smallest absolute Gasteiger partial charge is 0.121 e. The van der Waals surface area contributed by atoms with Gasteiger partial charge in [0.2, 0.25) is 0 Å². The maximum absolute atomic E-state index is 6.06. The predicted molar refractivity (Wildman–Crippen MR) is 70.2 cm³/mol. The van der Waals surface area contributed by atoms with Gasteiger partial charge in [-0.1, -0.05) is 17.7 Å². The molecule has 0 bridgehead atoms. The van der Waals surface area contributed by atoms with Gasteiger partial charge in [0, 0.05) is 24.0 Å². The van der Waals surface area contributed by atoms with Gasteiger partial charge in [0.05, 0.1) is 5.02 Å². The Morgan fingerprint density at radius 3 is 2.47 bits per heavy atom. The summed E-state index contributed by atoms with van der Waals surface area (Å²) >= 11 is 7.50. The normalized spacial score (nSPS) is 12.4. The Kier molecular flexibility index (Phi) is 3.99. The Labute approximate surface area is 109 Å². The Morgan fingerprint density at radius 2 is 1.82 bits per heavy atom. The van der Waals surface area contributed by atoms with Crippen LogP contribution in [0.15, 0.2) is 46.7 Å². The third kappa shape index (κ3) is 2.97. The molecule has 0 fully saturated rings. The average molecular weight is 266 g/mol. The molecule has 88 valence electrons. The lowest BCUT2D eigenvalue weighted by Gasteiger charge is -2.10. The second-order valence-electron chi connectivity index (χ2n) is 3.58. The Bertz CT molecular complexity index is 517. The summed E-state index contributed by atoms with van der Waals surface area (Å²) in [7, 11) is 0. The largest absolute Gasteiger partial charge is 0.324 e. The molecule has 0 spiro atoms. The Morgan fingerprint density at radius 1 is 1.18 bits per heavy atom. The van der Waals surface area contributed by atoms with Crippen molar-refractivity contribution in [3.63, 3.8) is 0 Å². The Balaban J connectivity index is 2.34. The number of rotatable bonds is 3. The number of nitrogens with zero attached hydrogens (tertiary/aromatic N) is 2. The molecular formula is C12H12ClN3S. The molecule has 0 aliphatic rings. The van der Waals surface area contributed by atoms with Gasteiger partial charge in [-0.2, -0.15) is 0 Å². The average Bonchev–Trinajstić information content (AvgIpc) is 2.32. The zero-order valence-corrected chi connectivity index (χ0v) is 10.9. The fourth-order valence-corrected chi connectivity index (χ4v) is 2.56.